The van der Waals surface area contributed by atoms with E-state index in [-0.39, 0.29) is 23.0 Å². The fraction of sp³-hybridized carbons (Fsp3) is 0.409. The zero-order valence-corrected chi connectivity index (χ0v) is 18.6. The molecule has 0 heterocycles. The van der Waals surface area contributed by atoms with E-state index < -0.39 is 10.0 Å². The Kier molecular flexibility index (Phi) is 7.61. The van der Waals surface area contributed by atoms with Crippen molar-refractivity contribution >= 4 is 33.2 Å². The van der Waals surface area contributed by atoms with Gasteiger partial charge in [-0.15, -0.1) is 0 Å². The molecule has 162 valence electrons. The molecule has 1 amide bonds. The number of carbonyl (C=O) groups excluding carboxylic acids is 1. The SMILES string of the molecule is COc1ccc(Cl)cc1N(CC(=O)NCC1CCCCC1)S(=O)(=O)c1ccccc1. The van der Waals surface area contributed by atoms with E-state index >= 15 is 0 Å². The molecule has 0 spiro atoms. The lowest BCUT2D eigenvalue weighted by atomic mass is 9.89. The molecule has 0 atom stereocenters. The van der Waals surface area contributed by atoms with E-state index in [1.807, 2.05) is 0 Å². The number of carbonyl (C=O) groups is 1. The third-order valence-corrected chi connectivity index (χ3v) is 7.35. The molecule has 1 fully saturated rings. The molecule has 3 rings (SSSR count). The number of anilines is 1. The van der Waals surface area contributed by atoms with Gasteiger partial charge in [0.25, 0.3) is 10.0 Å². The number of rotatable bonds is 8. The predicted molar refractivity (Wildman–Crippen MR) is 119 cm³/mol. The maximum Gasteiger partial charge on any atom is 0.264 e. The predicted octanol–water partition coefficient (Wildman–Crippen LogP) is 4.24. The van der Waals surface area contributed by atoms with E-state index in [0.29, 0.717) is 23.2 Å². The van der Waals surface area contributed by atoms with Crippen molar-refractivity contribution in [3.63, 3.8) is 0 Å². The van der Waals surface area contributed by atoms with Gasteiger partial charge in [-0.1, -0.05) is 49.1 Å². The summed E-state index contributed by atoms with van der Waals surface area (Å²) < 4.78 is 33.2. The van der Waals surface area contributed by atoms with Gasteiger partial charge >= 0.3 is 0 Å². The zero-order chi connectivity index (χ0) is 21.6. The van der Waals surface area contributed by atoms with Crippen LogP contribution in [0.2, 0.25) is 5.02 Å². The third-order valence-electron chi connectivity index (χ3n) is 5.34. The van der Waals surface area contributed by atoms with Gasteiger partial charge in [-0.3, -0.25) is 9.10 Å². The number of hydrogen-bond acceptors (Lipinski definition) is 4. The summed E-state index contributed by atoms with van der Waals surface area (Å²) >= 11 is 6.14. The highest BCUT2D eigenvalue weighted by molar-refractivity contribution is 7.92. The molecule has 2 aromatic rings. The monoisotopic (exact) mass is 450 g/mol. The van der Waals surface area contributed by atoms with Crippen molar-refractivity contribution in [2.45, 2.75) is 37.0 Å². The maximum absolute atomic E-state index is 13.4. The number of sulfonamides is 1. The lowest BCUT2D eigenvalue weighted by Gasteiger charge is -2.27. The first-order valence-electron chi connectivity index (χ1n) is 10.1. The second kappa shape index (κ2) is 10.2. The molecule has 0 bridgehead atoms. The number of nitrogens with one attached hydrogen (secondary N) is 1. The molecule has 1 saturated carbocycles. The van der Waals surface area contributed by atoms with Crippen LogP contribution in [0.3, 0.4) is 0 Å². The Labute approximate surface area is 183 Å². The van der Waals surface area contributed by atoms with E-state index in [2.05, 4.69) is 5.32 Å². The fourth-order valence-corrected chi connectivity index (χ4v) is 5.32. The van der Waals surface area contributed by atoms with E-state index in [0.717, 1.165) is 17.1 Å². The van der Waals surface area contributed by atoms with Crippen LogP contribution in [-0.2, 0) is 14.8 Å². The second-order valence-corrected chi connectivity index (χ2v) is 9.75. The number of nitrogens with zero attached hydrogens (tertiary/aromatic N) is 1. The summed E-state index contributed by atoms with van der Waals surface area (Å²) in [6.45, 7) is 0.200. The highest BCUT2D eigenvalue weighted by Gasteiger charge is 2.29. The van der Waals surface area contributed by atoms with Crippen LogP contribution in [0.5, 0.6) is 5.75 Å². The Morgan fingerprint density at radius 2 is 1.83 bits per heavy atom. The van der Waals surface area contributed by atoms with Crippen molar-refractivity contribution in [3.8, 4) is 5.75 Å². The summed E-state index contributed by atoms with van der Waals surface area (Å²) in [7, 11) is -2.56. The molecule has 8 heteroatoms. The second-order valence-electron chi connectivity index (χ2n) is 7.45. The number of amides is 1. The van der Waals surface area contributed by atoms with Crippen molar-refractivity contribution in [3.05, 3.63) is 53.6 Å². The van der Waals surface area contributed by atoms with Gasteiger partial charge in [-0.05, 0) is 49.1 Å². The highest BCUT2D eigenvalue weighted by atomic mass is 35.5. The highest BCUT2D eigenvalue weighted by Crippen LogP contribution is 2.34. The van der Waals surface area contributed by atoms with Gasteiger partial charge in [-0.25, -0.2) is 8.42 Å². The van der Waals surface area contributed by atoms with E-state index in [4.69, 9.17) is 16.3 Å². The van der Waals surface area contributed by atoms with E-state index in [9.17, 15) is 13.2 Å². The van der Waals surface area contributed by atoms with Crippen molar-refractivity contribution in [2.75, 3.05) is 24.5 Å². The molecular formula is C22H27ClN2O4S. The minimum Gasteiger partial charge on any atom is -0.495 e. The first-order chi connectivity index (χ1) is 14.4. The molecule has 30 heavy (non-hydrogen) atoms. The van der Waals surface area contributed by atoms with Gasteiger partial charge in [0.2, 0.25) is 5.91 Å². The largest absolute Gasteiger partial charge is 0.495 e. The van der Waals surface area contributed by atoms with Gasteiger partial charge in [0, 0.05) is 11.6 Å². The van der Waals surface area contributed by atoms with Crippen molar-refractivity contribution in [2.24, 2.45) is 5.92 Å². The van der Waals surface area contributed by atoms with Crippen LogP contribution in [0.4, 0.5) is 5.69 Å². The average molecular weight is 451 g/mol. The summed E-state index contributed by atoms with van der Waals surface area (Å²) in [5, 5.41) is 3.26. The van der Waals surface area contributed by atoms with Crippen molar-refractivity contribution in [1.82, 2.24) is 5.32 Å². The van der Waals surface area contributed by atoms with Crippen molar-refractivity contribution in [1.29, 1.82) is 0 Å². The Morgan fingerprint density at radius 3 is 2.50 bits per heavy atom. The van der Waals surface area contributed by atoms with Crippen LogP contribution in [0.25, 0.3) is 0 Å². The number of halogens is 1. The Bertz CT molecular complexity index is 960. The third kappa shape index (κ3) is 5.46. The molecule has 6 nitrogen and oxygen atoms in total. The van der Waals surface area contributed by atoms with Gasteiger partial charge in [0.1, 0.15) is 12.3 Å². The Morgan fingerprint density at radius 1 is 1.13 bits per heavy atom. The van der Waals surface area contributed by atoms with Crippen LogP contribution in [-0.4, -0.2) is 34.5 Å². The molecule has 0 saturated heterocycles. The first-order valence-corrected chi connectivity index (χ1v) is 11.9. The van der Waals surface area contributed by atoms with Crippen LogP contribution >= 0.6 is 11.6 Å². The summed E-state index contributed by atoms with van der Waals surface area (Å²) in [4.78, 5) is 12.8. The number of benzene rings is 2. The quantitative estimate of drug-likeness (QED) is 0.652. The molecule has 0 unspecified atom stereocenters. The molecule has 0 aliphatic heterocycles. The van der Waals surface area contributed by atoms with Gasteiger partial charge in [-0.2, -0.15) is 0 Å². The van der Waals surface area contributed by atoms with Crippen LogP contribution in [0.1, 0.15) is 32.1 Å². The lowest BCUT2D eigenvalue weighted by molar-refractivity contribution is -0.119. The van der Waals surface area contributed by atoms with Crippen LogP contribution in [0, 0.1) is 5.92 Å². The zero-order valence-electron chi connectivity index (χ0n) is 17.0. The lowest BCUT2D eigenvalue weighted by Crippen LogP contribution is -2.42. The smallest absolute Gasteiger partial charge is 0.264 e. The van der Waals surface area contributed by atoms with Gasteiger partial charge in [0.05, 0.1) is 17.7 Å². The first kappa shape index (κ1) is 22.4. The normalized spacial score (nSPS) is 14.9. The molecule has 0 radical (unpaired) electrons. The molecular weight excluding hydrogens is 424 g/mol. The topological polar surface area (TPSA) is 75.7 Å². The summed E-state index contributed by atoms with van der Waals surface area (Å²) in [5.41, 5.74) is 0.224. The summed E-state index contributed by atoms with van der Waals surface area (Å²) in [6, 6.07) is 12.7. The van der Waals surface area contributed by atoms with Crippen LogP contribution in [0.15, 0.2) is 53.4 Å². The standard InChI is InChI=1S/C22H27ClN2O4S/c1-29-21-13-12-18(23)14-20(21)25(30(27,28)19-10-6-3-7-11-19)16-22(26)24-15-17-8-4-2-5-9-17/h3,6-7,10-14,17H,2,4-5,8-9,15-16H2,1H3,(H,24,26). The molecule has 2 aromatic carbocycles. The summed E-state index contributed by atoms with van der Waals surface area (Å²) in [5.74, 6) is 0.406. The van der Waals surface area contributed by atoms with Gasteiger partial charge in [0.15, 0.2) is 0 Å². The van der Waals surface area contributed by atoms with E-state index in [1.165, 1.54) is 44.6 Å². The molecule has 0 aromatic heterocycles. The van der Waals surface area contributed by atoms with Gasteiger partial charge < -0.3 is 10.1 Å². The van der Waals surface area contributed by atoms with E-state index in [1.54, 1.807) is 30.3 Å². The summed E-state index contributed by atoms with van der Waals surface area (Å²) in [6.07, 6.45) is 5.77. The Hall–Kier alpha value is -2.25. The molecule has 1 N–H and O–H groups in total. The van der Waals surface area contributed by atoms with Crippen LogP contribution < -0.4 is 14.4 Å². The van der Waals surface area contributed by atoms with Crippen molar-refractivity contribution < 1.29 is 17.9 Å². The number of hydrogen-bond donors (Lipinski definition) is 1. The molecule has 1 aliphatic carbocycles. The minimum atomic E-state index is -4.01. The maximum atomic E-state index is 13.4. The average Bonchev–Trinajstić information content (AvgIpc) is 2.77. The fourth-order valence-electron chi connectivity index (χ4n) is 3.71. The Balaban J connectivity index is 1.88. The molecule has 1 aliphatic rings. The minimum absolute atomic E-state index is 0.0899. The number of methoxy groups -OCH3 is 1. The number of ether oxygens (including phenoxy) is 1.